The first-order valence-corrected chi connectivity index (χ1v) is 11.7. The van der Waals surface area contributed by atoms with Gasteiger partial charge in [0.25, 0.3) is 5.91 Å². The summed E-state index contributed by atoms with van der Waals surface area (Å²) >= 11 is 2.28. The quantitative estimate of drug-likeness (QED) is 0.447. The van der Waals surface area contributed by atoms with Crippen molar-refractivity contribution in [2.45, 2.75) is 43.6 Å². The molecule has 0 aromatic heterocycles. The SMILES string of the molecule is COc1cc(CI)cc(C(=O)NCC2CCN(CC(=O)N(C)C(C)(C)C)CC2)c1. The molecule has 0 radical (unpaired) electrons. The Labute approximate surface area is 188 Å². The largest absolute Gasteiger partial charge is 0.497 e. The highest BCUT2D eigenvalue weighted by molar-refractivity contribution is 14.1. The van der Waals surface area contributed by atoms with Crippen LogP contribution < -0.4 is 10.1 Å². The van der Waals surface area contributed by atoms with Crippen molar-refractivity contribution in [1.29, 1.82) is 0 Å². The first-order chi connectivity index (χ1) is 13.6. The molecule has 1 fully saturated rings. The smallest absolute Gasteiger partial charge is 0.251 e. The van der Waals surface area contributed by atoms with E-state index in [2.05, 4.69) is 32.8 Å². The van der Waals surface area contributed by atoms with Crippen LogP contribution in [0.15, 0.2) is 18.2 Å². The summed E-state index contributed by atoms with van der Waals surface area (Å²) in [6.45, 7) is 9.06. The number of hydrogen-bond acceptors (Lipinski definition) is 4. The van der Waals surface area contributed by atoms with Gasteiger partial charge in [0.15, 0.2) is 0 Å². The Morgan fingerprint density at radius 2 is 1.90 bits per heavy atom. The molecule has 1 heterocycles. The third-order valence-electron chi connectivity index (χ3n) is 5.62. The zero-order valence-corrected chi connectivity index (χ0v) is 20.4. The lowest BCUT2D eigenvalue weighted by Crippen LogP contribution is -2.49. The van der Waals surface area contributed by atoms with Gasteiger partial charge >= 0.3 is 0 Å². The number of carbonyl (C=O) groups is 2. The molecule has 1 N–H and O–H groups in total. The molecule has 0 bridgehead atoms. The van der Waals surface area contributed by atoms with Gasteiger partial charge in [-0.3, -0.25) is 14.5 Å². The highest BCUT2D eigenvalue weighted by Crippen LogP contribution is 2.20. The fraction of sp³-hybridized carbons (Fsp3) is 0.636. The minimum atomic E-state index is -0.156. The monoisotopic (exact) mass is 515 g/mol. The van der Waals surface area contributed by atoms with Gasteiger partial charge in [0, 0.05) is 29.1 Å². The summed E-state index contributed by atoms with van der Waals surface area (Å²) in [4.78, 5) is 29.0. The number of methoxy groups -OCH3 is 1. The number of halogens is 1. The molecule has 0 aliphatic carbocycles. The van der Waals surface area contributed by atoms with E-state index in [1.807, 2.05) is 44.9 Å². The van der Waals surface area contributed by atoms with Crippen molar-refractivity contribution < 1.29 is 14.3 Å². The molecule has 1 aliphatic heterocycles. The van der Waals surface area contributed by atoms with Crippen LogP contribution in [0.3, 0.4) is 0 Å². The molecule has 29 heavy (non-hydrogen) atoms. The number of rotatable bonds is 7. The first-order valence-electron chi connectivity index (χ1n) is 10.1. The van der Waals surface area contributed by atoms with Gasteiger partial charge in [0.1, 0.15) is 5.75 Å². The predicted molar refractivity (Wildman–Crippen MR) is 125 cm³/mol. The van der Waals surface area contributed by atoms with Crippen molar-refractivity contribution >= 4 is 34.4 Å². The minimum Gasteiger partial charge on any atom is -0.497 e. The van der Waals surface area contributed by atoms with Crippen LogP contribution in [0, 0.1) is 5.92 Å². The Kier molecular flexibility index (Phi) is 8.75. The van der Waals surface area contributed by atoms with Crippen molar-refractivity contribution in [2.75, 3.05) is 40.3 Å². The number of amides is 2. The Balaban J connectivity index is 1.80. The number of carbonyl (C=O) groups excluding carboxylic acids is 2. The number of nitrogens with one attached hydrogen (secondary N) is 1. The van der Waals surface area contributed by atoms with Crippen molar-refractivity contribution in [3.63, 3.8) is 0 Å². The Bertz CT molecular complexity index is 687. The Morgan fingerprint density at radius 1 is 1.24 bits per heavy atom. The van der Waals surface area contributed by atoms with E-state index in [0.717, 1.165) is 35.9 Å². The van der Waals surface area contributed by atoms with Crippen LogP contribution in [-0.4, -0.2) is 67.5 Å². The van der Waals surface area contributed by atoms with Crippen molar-refractivity contribution in [3.05, 3.63) is 29.3 Å². The zero-order chi connectivity index (χ0) is 21.6. The third-order valence-corrected chi connectivity index (χ3v) is 6.50. The lowest BCUT2D eigenvalue weighted by Gasteiger charge is -2.36. The number of ether oxygens (including phenoxy) is 1. The lowest BCUT2D eigenvalue weighted by molar-refractivity contribution is -0.135. The maximum atomic E-state index is 12.6. The van der Waals surface area contributed by atoms with Crippen LogP contribution in [0.2, 0.25) is 0 Å². The summed E-state index contributed by atoms with van der Waals surface area (Å²) in [6.07, 6.45) is 1.98. The number of likely N-dealkylation sites (N-methyl/N-ethyl adjacent to an activating group) is 1. The summed E-state index contributed by atoms with van der Waals surface area (Å²) in [5.41, 5.74) is 1.56. The summed E-state index contributed by atoms with van der Waals surface area (Å²) in [7, 11) is 3.48. The summed E-state index contributed by atoms with van der Waals surface area (Å²) in [6, 6.07) is 5.66. The number of nitrogens with zero attached hydrogens (tertiary/aromatic N) is 2. The second-order valence-electron chi connectivity index (χ2n) is 8.76. The van der Waals surface area contributed by atoms with Gasteiger partial charge in [-0.05, 0) is 76.4 Å². The molecule has 0 atom stereocenters. The van der Waals surface area contributed by atoms with Gasteiger partial charge in [-0.1, -0.05) is 22.6 Å². The van der Waals surface area contributed by atoms with E-state index in [-0.39, 0.29) is 17.4 Å². The number of piperidine rings is 1. The van der Waals surface area contributed by atoms with Gasteiger partial charge < -0.3 is 15.0 Å². The normalized spacial score (nSPS) is 15.8. The molecular weight excluding hydrogens is 481 g/mol. The van der Waals surface area contributed by atoms with E-state index in [1.54, 1.807) is 13.2 Å². The van der Waals surface area contributed by atoms with Crippen LogP contribution in [0.25, 0.3) is 0 Å². The maximum absolute atomic E-state index is 12.6. The van der Waals surface area contributed by atoms with Gasteiger partial charge in [-0.2, -0.15) is 0 Å². The summed E-state index contributed by atoms with van der Waals surface area (Å²) in [5.74, 6) is 1.26. The van der Waals surface area contributed by atoms with E-state index in [1.165, 1.54) is 0 Å². The molecule has 1 saturated heterocycles. The fourth-order valence-electron chi connectivity index (χ4n) is 3.35. The molecule has 0 saturated carbocycles. The van der Waals surface area contributed by atoms with E-state index < -0.39 is 0 Å². The van der Waals surface area contributed by atoms with Crippen molar-refractivity contribution in [2.24, 2.45) is 5.92 Å². The molecular formula is C22H34IN3O3. The van der Waals surface area contributed by atoms with E-state index in [0.29, 0.717) is 30.3 Å². The molecule has 0 unspecified atom stereocenters. The zero-order valence-electron chi connectivity index (χ0n) is 18.3. The topological polar surface area (TPSA) is 61.9 Å². The molecule has 2 amide bonds. The Morgan fingerprint density at radius 3 is 2.45 bits per heavy atom. The fourth-order valence-corrected chi connectivity index (χ4v) is 3.79. The maximum Gasteiger partial charge on any atom is 0.251 e. The molecule has 1 aromatic carbocycles. The number of alkyl halides is 1. The molecule has 6 nitrogen and oxygen atoms in total. The minimum absolute atomic E-state index is 0.0561. The molecule has 0 spiro atoms. The second kappa shape index (κ2) is 10.6. The van der Waals surface area contributed by atoms with Gasteiger partial charge in [0.05, 0.1) is 13.7 Å². The number of hydrogen-bond donors (Lipinski definition) is 1. The lowest BCUT2D eigenvalue weighted by atomic mass is 9.96. The predicted octanol–water partition coefficient (Wildman–Crippen LogP) is 3.33. The summed E-state index contributed by atoms with van der Waals surface area (Å²) < 4.78 is 6.13. The third kappa shape index (κ3) is 7.13. The van der Waals surface area contributed by atoms with Crippen LogP contribution in [0.5, 0.6) is 5.75 Å². The Hall–Kier alpha value is -1.35. The van der Waals surface area contributed by atoms with Gasteiger partial charge in [-0.15, -0.1) is 0 Å². The molecule has 2 rings (SSSR count). The average molecular weight is 515 g/mol. The van der Waals surface area contributed by atoms with Crippen LogP contribution in [0.4, 0.5) is 0 Å². The number of likely N-dealkylation sites (tertiary alicyclic amines) is 1. The highest BCUT2D eigenvalue weighted by Gasteiger charge is 2.26. The van der Waals surface area contributed by atoms with Gasteiger partial charge in [-0.25, -0.2) is 0 Å². The van der Waals surface area contributed by atoms with Crippen LogP contribution in [0.1, 0.15) is 49.5 Å². The van der Waals surface area contributed by atoms with E-state index in [9.17, 15) is 9.59 Å². The molecule has 1 aromatic rings. The van der Waals surface area contributed by atoms with Crippen LogP contribution in [-0.2, 0) is 9.22 Å². The highest BCUT2D eigenvalue weighted by atomic mass is 127. The standard InChI is InChI=1S/C22H34IN3O3/c1-22(2,3)25(4)20(27)15-26-8-6-16(7-9-26)14-24-21(28)18-10-17(13-23)11-19(12-18)29-5/h10-12,16H,6-9,13-15H2,1-5H3,(H,24,28). The van der Waals surface area contributed by atoms with Crippen molar-refractivity contribution in [3.8, 4) is 5.75 Å². The van der Waals surface area contributed by atoms with Gasteiger partial charge in [0.2, 0.25) is 5.91 Å². The molecule has 162 valence electrons. The molecule has 7 heteroatoms. The molecule has 1 aliphatic rings. The summed E-state index contributed by atoms with van der Waals surface area (Å²) in [5, 5.41) is 3.07. The van der Waals surface area contributed by atoms with Crippen molar-refractivity contribution in [1.82, 2.24) is 15.1 Å². The first kappa shape index (κ1) is 23.9. The second-order valence-corrected chi connectivity index (χ2v) is 9.52. The van der Waals surface area contributed by atoms with E-state index >= 15 is 0 Å². The van der Waals surface area contributed by atoms with E-state index in [4.69, 9.17) is 4.74 Å². The van der Waals surface area contributed by atoms with Crippen LogP contribution >= 0.6 is 22.6 Å². The number of benzene rings is 1. The average Bonchev–Trinajstić information content (AvgIpc) is 2.71.